The van der Waals surface area contributed by atoms with Crippen molar-refractivity contribution in [3.63, 3.8) is 0 Å². The lowest BCUT2D eigenvalue weighted by Crippen LogP contribution is -2.46. The fourth-order valence-electron chi connectivity index (χ4n) is 4.13. The van der Waals surface area contributed by atoms with Crippen LogP contribution in [0.25, 0.3) is 0 Å². The number of hydrogen-bond donors (Lipinski definition) is 2. The number of rotatable bonds is 12. The highest BCUT2D eigenvalue weighted by Crippen LogP contribution is 2.32. The number of hydrogen-bond acceptors (Lipinski definition) is 6. The van der Waals surface area contributed by atoms with Gasteiger partial charge < -0.3 is 24.8 Å². The summed E-state index contributed by atoms with van der Waals surface area (Å²) in [6, 6.07) is 6.75. The number of aliphatic imine (C=N–C) groups is 1. The van der Waals surface area contributed by atoms with Crippen molar-refractivity contribution >= 4 is 5.96 Å². The van der Waals surface area contributed by atoms with E-state index < -0.39 is 0 Å². The minimum absolute atomic E-state index is 0.169. The molecule has 1 fully saturated rings. The highest BCUT2D eigenvalue weighted by atomic mass is 16.5. The molecule has 1 saturated heterocycles. The minimum atomic E-state index is 0.169. The number of nitrogens with zero attached hydrogens (tertiary/aromatic N) is 3. The Balaban J connectivity index is 2.17. The van der Waals surface area contributed by atoms with Crippen LogP contribution in [-0.2, 0) is 4.74 Å². The maximum absolute atomic E-state index is 5.59. The molecule has 1 aromatic carbocycles. The van der Waals surface area contributed by atoms with Crippen LogP contribution in [0.4, 0.5) is 0 Å². The third kappa shape index (κ3) is 7.53. The number of morpholine rings is 1. The first-order chi connectivity index (χ1) is 15.6. The molecule has 32 heavy (non-hydrogen) atoms. The first-order valence-electron chi connectivity index (χ1n) is 11.9. The van der Waals surface area contributed by atoms with Gasteiger partial charge in [0, 0.05) is 32.2 Å². The van der Waals surface area contributed by atoms with Gasteiger partial charge in [-0.3, -0.25) is 14.8 Å². The summed E-state index contributed by atoms with van der Waals surface area (Å²) in [4.78, 5) is 9.75. The number of nitrogens with one attached hydrogen (secondary N) is 2. The van der Waals surface area contributed by atoms with Crippen molar-refractivity contribution in [2.24, 2.45) is 4.99 Å². The van der Waals surface area contributed by atoms with Crippen LogP contribution < -0.4 is 20.1 Å². The highest BCUT2D eigenvalue weighted by molar-refractivity contribution is 5.79. The minimum Gasteiger partial charge on any atom is -0.493 e. The van der Waals surface area contributed by atoms with Gasteiger partial charge in [0.15, 0.2) is 17.5 Å². The molecule has 2 N–H and O–H groups in total. The zero-order valence-electron chi connectivity index (χ0n) is 20.8. The SMILES string of the molecule is CCNC(=NCC(C)N(CC)CC)NCC(c1ccc(OC)c(OC)c1)N1CCOCC1. The topological polar surface area (TPSA) is 70.6 Å². The summed E-state index contributed by atoms with van der Waals surface area (Å²) in [5.74, 6) is 2.34. The molecule has 1 aliphatic rings. The fraction of sp³-hybridized carbons (Fsp3) is 0.708. The molecule has 0 aliphatic carbocycles. The van der Waals surface area contributed by atoms with E-state index in [1.165, 1.54) is 5.56 Å². The lowest BCUT2D eigenvalue weighted by molar-refractivity contribution is 0.0169. The van der Waals surface area contributed by atoms with Crippen LogP contribution in [0.2, 0.25) is 0 Å². The number of methoxy groups -OCH3 is 2. The smallest absolute Gasteiger partial charge is 0.191 e. The molecule has 0 radical (unpaired) electrons. The van der Waals surface area contributed by atoms with Gasteiger partial charge in [0.25, 0.3) is 0 Å². The maximum Gasteiger partial charge on any atom is 0.191 e. The zero-order chi connectivity index (χ0) is 23.3. The normalized spacial score (nSPS) is 17.2. The molecule has 182 valence electrons. The molecule has 0 amide bonds. The highest BCUT2D eigenvalue weighted by Gasteiger charge is 2.24. The maximum atomic E-state index is 5.59. The van der Waals surface area contributed by atoms with Crippen molar-refractivity contribution in [2.45, 2.75) is 39.8 Å². The molecule has 0 aromatic heterocycles. The van der Waals surface area contributed by atoms with E-state index in [0.29, 0.717) is 6.04 Å². The number of guanidine groups is 1. The van der Waals surface area contributed by atoms with Gasteiger partial charge in [-0.1, -0.05) is 19.9 Å². The van der Waals surface area contributed by atoms with Gasteiger partial charge in [-0.05, 0) is 44.6 Å². The summed E-state index contributed by atoms with van der Waals surface area (Å²) in [5, 5.41) is 6.97. The quantitative estimate of drug-likeness (QED) is 0.375. The third-order valence-corrected chi connectivity index (χ3v) is 6.04. The molecular weight excluding hydrogens is 406 g/mol. The van der Waals surface area contributed by atoms with Gasteiger partial charge in [-0.2, -0.15) is 0 Å². The second-order valence-electron chi connectivity index (χ2n) is 7.95. The summed E-state index contributed by atoms with van der Waals surface area (Å²) in [6.07, 6.45) is 0. The zero-order valence-corrected chi connectivity index (χ0v) is 20.8. The molecule has 1 aromatic rings. The molecule has 0 bridgehead atoms. The van der Waals surface area contributed by atoms with Crippen LogP contribution in [0.3, 0.4) is 0 Å². The Hall–Kier alpha value is -2.03. The van der Waals surface area contributed by atoms with Crippen molar-refractivity contribution < 1.29 is 14.2 Å². The predicted molar refractivity (Wildman–Crippen MR) is 131 cm³/mol. The van der Waals surface area contributed by atoms with Gasteiger partial charge in [0.2, 0.25) is 0 Å². The molecular formula is C24H43N5O3. The molecule has 2 unspecified atom stereocenters. The van der Waals surface area contributed by atoms with Crippen LogP contribution in [-0.4, -0.2) is 95.0 Å². The first-order valence-corrected chi connectivity index (χ1v) is 11.9. The lowest BCUT2D eigenvalue weighted by Gasteiger charge is -2.35. The Morgan fingerprint density at radius 3 is 2.38 bits per heavy atom. The van der Waals surface area contributed by atoms with E-state index in [0.717, 1.165) is 76.5 Å². The van der Waals surface area contributed by atoms with Crippen LogP contribution in [0.15, 0.2) is 23.2 Å². The molecule has 1 heterocycles. The molecule has 0 saturated carbocycles. The average molecular weight is 450 g/mol. The summed E-state index contributed by atoms with van der Waals surface area (Å²) in [6.45, 7) is 16.4. The van der Waals surface area contributed by atoms with Crippen LogP contribution in [0.1, 0.15) is 39.3 Å². The van der Waals surface area contributed by atoms with E-state index >= 15 is 0 Å². The Morgan fingerprint density at radius 1 is 1.09 bits per heavy atom. The lowest BCUT2D eigenvalue weighted by atomic mass is 10.0. The van der Waals surface area contributed by atoms with Gasteiger partial charge in [-0.15, -0.1) is 0 Å². The Kier molecular flexibility index (Phi) is 11.6. The second-order valence-corrected chi connectivity index (χ2v) is 7.95. The monoisotopic (exact) mass is 449 g/mol. The molecule has 0 spiro atoms. The standard InChI is InChI=1S/C24H43N5O3/c1-7-25-24(26-17-19(4)28(8-2)9-3)27-18-21(29-12-14-32-15-13-29)20-10-11-22(30-5)23(16-20)31-6/h10-11,16,19,21H,7-9,12-15,17-18H2,1-6H3,(H2,25,26,27). The first kappa shape index (κ1) is 26.2. The average Bonchev–Trinajstić information content (AvgIpc) is 2.83. The van der Waals surface area contributed by atoms with Crippen LogP contribution >= 0.6 is 0 Å². The van der Waals surface area contributed by atoms with E-state index in [9.17, 15) is 0 Å². The molecule has 1 aliphatic heterocycles. The van der Waals surface area contributed by atoms with E-state index in [1.807, 2.05) is 6.07 Å². The van der Waals surface area contributed by atoms with Gasteiger partial charge in [0.05, 0.1) is 40.0 Å². The van der Waals surface area contributed by atoms with Crippen molar-refractivity contribution in [3.05, 3.63) is 23.8 Å². The largest absolute Gasteiger partial charge is 0.493 e. The van der Waals surface area contributed by atoms with Gasteiger partial charge in [0.1, 0.15) is 0 Å². The van der Waals surface area contributed by atoms with E-state index in [4.69, 9.17) is 19.2 Å². The summed E-state index contributed by atoms with van der Waals surface area (Å²) in [5.41, 5.74) is 1.18. The number of ether oxygens (including phenoxy) is 3. The van der Waals surface area contributed by atoms with E-state index in [-0.39, 0.29) is 6.04 Å². The van der Waals surface area contributed by atoms with E-state index in [2.05, 4.69) is 60.3 Å². The van der Waals surface area contributed by atoms with Crippen LogP contribution in [0, 0.1) is 0 Å². The van der Waals surface area contributed by atoms with E-state index in [1.54, 1.807) is 14.2 Å². The fourth-order valence-corrected chi connectivity index (χ4v) is 4.13. The molecule has 8 nitrogen and oxygen atoms in total. The molecule has 8 heteroatoms. The molecule has 2 rings (SSSR count). The van der Waals surface area contributed by atoms with Crippen molar-refractivity contribution in [3.8, 4) is 11.5 Å². The summed E-state index contributed by atoms with van der Waals surface area (Å²) >= 11 is 0. The Bertz CT molecular complexity index is 690. The Labute approximate surface area is 194 Å². The van der Waals surface area contributed by atoms with Crippen molar-refractivity contribution in [1.29, 1.82) is 0 Å². The predicted octanol–water partition coefficient (Wildman–Crippen LogP) is 2.36. The second kappa shape index (κ2) is 14.2. The number of likely N-dealkylation sites (N-methyl/N-ethyl adjacent to an activating group) is 1. The Morgan fingerprint density at radius 2 is 1.78 bits per heavy atom. The van der Waals surface area contributed by atoms with Gasteiger partial charge >= 0.3 is 0 Å². The van der Waals surface area contributed by atoms with Crippen LogP contribution in [0.5, 0.6) is 11.5 Å². The van der Waals surface area contributed by atoms with Gasteiger partial charge in [-0.25, -0.2) is 0 Å². The summed E-state index contributed by atoms with van der Waals surface area (Å²) in [7, 11) is 3.34. The third-order valence-electron chi connectivity index (χ3n) is 6.04. The molecule has 2 atom stereocenters. The summed E-state index contributed by atoms with van der Waals surface area (Å²) < 4.78 is 16.6. The van der Waals surface area contributed by atoms with Crippen molar-refractivity contribution in [1.82, 2.24) is 20.4 Å². The van der Waals surface area contributed by atoms with Crippen molar-refractivity contribution in [2.75, 3.05) is 73.2 Å². The number of benzene rings is 1.